The molecule has 0 unspecified atom stereocenters. The van der Waals surface area contributed by atoms with Crippen LogP contribution in [0.15, 0.2) is 34.9 Å². The summed E-state index contributed by atoms with van der Waals surface area (Å²) in [6, 6.07) is 9.85. The van der Waals surface area contributed by atoms with Crippen molar-refractivity contribution in [1.82, 2.24) is 20.7 Å². The van der Waals surface area contributed by atoms with E-state index in [4.69, 9.17) is 4.52 Å². The zero-order valence-corrected chi connectivity index (χ0v) is 15.2. The highest BCUT2D eigenvalue weighted by Crippen LogP contribution is 2.39. The zero-order valence-electron chi connectivity index (χ0n) is 14.4. The maximum absolute atomic E-state index is 12.0. The molecule has 0 aliphatic heterocycles. The Kier molecular flexibility index (Phi) is 4.66. The molecule has 26 heavy (non-hydrogen) atoms. The first-order valence-corrected chi connectivity index (χ1v) is 9.35. The summed E-state index contributed by atoms with van der Waals surface area (Å²) in [7, 11) is 0. The lowest BCUT2D eigenvalue weighted by molar-refractivity contribution is 0.250. The van der Waals surface area contributed by atoms with Crippen molar-refractivity contribution in [2.75, 3.05) is 5.32 Å². The maximum atomic E-state index is 12.0. The van der Waals surface area contributed by atoms with E-state index >= 15 is 0 Å². The van der Waals surface area contributed by atoms with Crippen LogP contribution < -0.4 is 10.6 Å². The topological polar surface area (TPSA) is 92.9 Å². The van der Waals surface area contributed by atoms with Gasteiger partial charge in [-0.2, -0.15) is 0 Å². The molecule has 4 rings (SSSR count). The average Bonchev–Trinajstić information content (AvgIpc) is 3.21. The number of aromatic nitrogens is 3. The molecule has 0 atom stereocenters. The Morgan fingerprint density at radius 3 is 2.85 bits per heavy atom. The van der Waals surface area contributed by atoms with Gasteiger partial charge < -0.3 is 9.84 Å². The molecule has 1 saturated carbocycles. The second-order valence-corrected chi connectivity index (χ2v) is 7.53. The van der Waals surface area contributed by atoms with Crippen molar-refractivity contribution < 1.29 is 9.32 Å². The van der Waals surface area contributed by atoms with Crippen molar-refractivity contribution in [2.24, 2.45) is 0 Å². The first kappa shape index (κ1) is 16.7. The monoisotopic (exact) mass is 369 g/mol. The third-order valence-corrected chi connectivity index (χ3v) is 5.00. The van der Waals surface area contributed by atoms with E-state index in [1.54, 1.807) is 0 Å². The fourth-order valence-corrected chi connectivity index (χ4v) is 3.32. The number of hydrogen-bond acceptors (Lipinski definition) is 6. The molecule has 7 nitrogen and oxygen atoms in total. The van der Waals surface area contributed by atoms with Crippen LogP contribution in [-0.2, 0) is 13.0 Å². The highest BCUT2D eigenvalue weighted by molar-refractivity contribution is 7.15. The van der Waals surface area contributed by atoms with Crippen LogP contribution in [0.25, 0.3) is 0 Å². The molecule has 1 aliphatic rings. The van der Waals surface area contributed by atoms with Gasteiger partial charge in [0.1, 0.15) is 5.01 Å². The molecule has 1 aromatic carbocycles. The Morgan fingerprint density at radius 1 is 1.27 bits per heavy atom. The van der Waals surface area contributed by atoms with Crippen LogP contribution in [0.1, 0.15) is 46.3 Å². The molecule has 0 bridgehead atoms. The van der Waals surface area contributed by atoms with Crippen LogP contribution in [0.3, 0.4) is 0 Å². The molecule has 1 aliphatic carbocycles. The summed E-state index contributed by atoms with van der Waals surface area (Å²) in [5.74, 6) is 1.19. The number of nitrogens with one attached hydrogen (secondary N) is 2. The largest absolute Gasteiger partial charge is 0.359 e. The Hall–Kier alpha value is -2.74. The van der Waals surface area contributed by atoms with Gasteiger partial charge in [0.2, 0.25) is 5.13 Å². The molecule has 0 spiro atoms. The zero-order chi connectivity index (χ0) is 17.9. The summed E-state index contributed by atoms with van der Waals surface area (Å²) < 4.78 is 5.23. The Bertz CT molecular complexity index is 898. The third kappa shape index (κ3) is 4.26. The highest BCUT2D eigenvalue weighted by Gasteiger charge is 2.27. The Morgan fingerprint density at radius 2 is 2.08 bits per heavy atom. The van der Waals surface area contributed by atoms with Crippen LogP contribution in [0.4, 0.5) is 9.93 Å². The molecule has 2 N–H and O–H groups in total. The van der Waals surface area contributed by atoms with Gasteiger partial charge in [0.15, 0.2) is 5.76 Å². The molecule has 2 heterocycles. The standard InChI is InChI=1S/C18H19N5O2S/c1-11-2-4-12(5-3-11)8-16-21-22-18(26-16)20-17(24)19-10-14-9-15(23-25-14)13-6-7-13/h2-5,9,13H,6-8,10H2,1H3,(H2,19,20,22,24). The van der Waals surface area contributed by atoms with Gasteiger partial charge in [0, 0.05) is 18.4 Å². The van der Waals surface area contributed by atoms with Gasteiger partial charge in [-0.1, -0.05) is 46.3 Å². The van der Waals surface area contributed by atoms with Crippen molar-refractivity contribution in [3.63, 3.8) is 0 Å². The van der Waals surface area contributed by atoms with Crippen LogP contribution in [0, 0.1) is 6.92 Å². The van der Waals surface area contributed by atoms with E-state index in [0.29, 0.717) is 29.8 Å². The molecular formula is C18H19N5O2S. The molecule has 8 heteroatoms. The molecular weight excluding hydrogens is 350 g/mol. The van der Waals surface area contributed by atoms with Crippen molar-refractivity contribution in [2.45, 2.75) is 38.6 Å². The predicted molar refractivity (Wildman–Crippen MR) is 98.2 cm³/mol. The molecule has 1 fully saturated rings. The summed E-state index contributed by atoms with van der Waals surface area (Å²) in [6.45, 7) is 2.35. The smallest absolute Gasteiger partial charge is 0.321 e. The summed E-state index contributed by atoms with van der Waals surface area (Å²) in [4.78, 5) is 12.0. The van der Waals surface area contributed by atoms with Crippen molar-refractivity contribution >= 4 is 22.5 Å². The van der Waals surface area contributed by atoms with Crippen LogP contribution in [-0.4, -0.2) is 21.4 Å². The fraction of sp³-hybridized carbons (Fsp3) is 0.333. The number of carbonyl (C=O) groups excluding carboxylic acids is 1. The molecule has 0 saturated heterocycles. The lowest BCUT2D eigenvalue weighted by atomic mass is 10.1. The minimum Gasteiger partial charge on any atom is -0.359 e. The van der Waals surface area contributed by atoms with Crippen LogP contribution in [0.2, 0.25) is 0 Å². The highest BCUT2D eigenvalue weighted by atomic mass is 32.1. The number of benzene rings is 1. The number of amides is 2. The lowest BCUT2D eigenvalue weighted by Crippen LogP contribution is -2.27. The second kappa shape index (κ2) is 7.25. The third-order valence-electron chi connectivity index (χ3n) is 4.16. The quantitative estimate of drug-likeness (QED) is 0.692. The Labute approximate surface area is 154 Å². The number of urea groups is 1. The Balaban J connectivity index is 1.27. The minimum atomic E-state index is -0.340. The summed E-state index contributed by atoms with van der Waals surface area (Å²) in [5.41, 5.74) is 3.37. The molecule has 2 aromatic heterocycles. The van der Waals surface area contributed by atoms with Crippen molar-refractivity contribution in [3.8, 4) is 0 Å². The van der Waals surface area contributed by atoms with Gasteiger partial charge in [0.25, 0.3) is 0 Å². The van der Waals surface area contributed by atoms with E-state index in [0.717, 1.165) is 10.7 Å². The number of hydrogen-bond donors (Lipinski definition) is 2. The van der Waals surface area contributed by atoms with E-state index in [-0.39, 0.29) is 6.03 Å². The normalized spacial score (nSPS) is 13.6. The van der Waals surface area contributed by atoms with Gasteiger partial charge in [-0.25, -0.2) is 4.79 Å². The van der Waals surface area contributed by atoms with Crippen LogP contribution >= 0.6 is 11.3 Å². The molecule has 0 radical (unpaired) electrons. The van der Waals surface area contributed by atoms with Crippen molar-refractivity contribution in [1.29, 1.82) is 0 Å². The second-order valence-electron chi connectivity index (χ2n) is 6.46. The number of carbonyl (C=O) groups is 1. The van der Waals surface area contributed by atoms with Gasteiger partial charge in [-0.15, -0.1) is 10.2 Å². The predicted octanol–water partition coefficient (Wildman–Crippen LogP) is 3.62. The van der Waals surface area contributed by atoms with E-state index in [9.17, 15) is 4.79 Å². The fourth-order valence-electron chi connectivity index (χ4n) is 2.55. The number of nitrogens with zero attached hydrogens (tertiary/aromatic N) is 3. The summed E-state index contributed by atoms with van der Waals surface area (Å²) in [6.07, 6.45) is 3.03. The van der Waals surface area contributed by atoms with E-state index in [1.807, 2.05) is 6.07 Å². The number of rotatable bonds is 6. The molecule has 3 aromatic rings. The number of anilines is 1. The van der Waals surface area contributed by atoms with E-state index in [2.05, 4.69) is 57.2 Å². The molecule has 134 valence electrons. The van der Waals surface area contributed by atoms with E-state index < -0.39 is 0 Å². The van der Waals surface area contributed by atoms with Gasteiger partial charge >= 0.3 is 6.03 Å². The summed E-state index contributed by atoms with van der Waals surface area (Å²) in [5, 5.41) is 18.9. The van der Waals surface area contributed by atoms with Crippen LogP contribution in [0.5, 0.6) is 0 Å². The van der Waals surface area contributed by atoms with E-state index in [1.165, 1.54) is 35.3 Å². The lowest BCUT2D eigenvalue weighted by Gasteiger charge is -2.02. The number of aryl methyl sites for hydroxylation is 1. The van der Waals surface area contributed by atoms with Gasteiger partial charge in [0.05, 0.1) is 12.2 Å². The first-order valence-electron chi connectivity index (χ1n) is 8.54. The summed E-state index contributed by atoms with van der Waals surface area (Å²) >= 11 is 1.37. The molecule has 2 amide bonds. The minimum absolute atomic E-state index is 0.292. The SMILES string of the molecule is Cc1ccc(Cc2nnc(NC(=O)NCc3cc(C4CC4)no3)s2)cc1. The maximum Gasteiger partial charge on any atom is 0.321 e. The van der Waals surface area contributed by atoms with Gasteiger partial charge in [-0.3, -0.25) is 5.32 Å². The van der Waals surface area contributed by atoms with Crippen molar-refractivity contribution in [3.05, 3.63) is 57.9 Å². The van der Waals surface area contributed by atoms with Gasteiger partial charge in [-0.05, 0) is 25.3 Å². The first-order chi connectivity index (χ1) is 12.7. The average molecular weight is 369 g/mol.